The molecule has 3 rings (SSSR count). The minimum Gasteiger partial charge on any atom is -0.310 e. The molecule has 0 saturated heterocycles. The number of benzene rings is 2. The van der Waals surface area contributed by atoms with Crippen LogP contribution in [-0.4, -0.2) is 4.57 Å². The molecule has 0 N–H and O–H groups in total. The Kier molecular flexibility index (Phi) is 2.36. The predicted octanol–water partition coefficient (Wildman–Crippen LogP) is 4.67. The summed E-state index contributed by atoms with van der Waals surface area (Å²) >= 11 is 0. The van der Waals surface area contributed by atoms with Crippen molar-refractivity contribution in [2.45, 2.75) is 19.6 Å². The van der Waals surface area contributed by atoms with E-state index in [1.165, 1.54) is 0 Å². The first-order valence-electron chi connectivity index (χ1n) is 5.94. The molecule has 3 aromatic rings. The van der Waals surface area contributed by atoms with E-state index < -0.39 is 6.30 Å². The number of hydrogen-bond acceptors (Lipinski definition) is 0. The van der Waals surface area contributed by atoms with Crippen molar-refractivity contribution in [3.63, 3.8) is 0 Å². The van der Waals surface area contributed by atoms with E-state index in [1.54, 1.807) is 4.57 Å². The third kappa shape index (κ3) is 1.44. The van der Waals surface area contributed by atoms with Gasteiger partial charge in [0.2, 0.25) is 0 Å². The minimum atomic E-state index is -0.959. The fourth-order valence-electron chi connectivity index (χ4n) is 2.44. The Morgan fingerprint density at radius 3 is 1.88 bits per heavy atom. The molecule has 0 aliphatic rings. The van der Waals surface area contributed by atoms with Gasteiger partial charge in [0.15, 0.2) is 6.30 Å². The van der Waals surface area contributed by atoms with Crippen LogP contribution in [0.5, 0.6) is 0 Å². The Bertz CT molecular complexity index is 616. The molecule has 0 aliphatic heterocycles. The molecule has 1 unspecified atom stereocenters. The molecule has 0 spiro atoms. The van der Waals surface area contributed by atoms with E-state index in [9.17, 15) is 4.39 Å². The number of nitrogens with zero attached hydrogens (tertiary/aromatic N) is 1. The van der Waals surface area contributed by atoms with Crippen molar-refractivity contribution in [3.05, 3.63) is 48.5 Å². The van der Waals surface area contributed by atoms with Crippen LogP contribution in [0.2, 0.25) is 0 Å². The quantitative estimate of drug-likeness (QED) is 0.599. The van der Waals surface area contributed by atoms with Crippen molar-refractivity contribution in [1.29, 1.82) is 0 Å². The van der Waals surface area contributed by atoms with Gasteiger partial charge in [-0.2, -0.15) is 0 Å². The Balaban J connectivity index is 2.50. The second-order valence-electron chi connectivity index (χ2n) is 4.25. The SMILES string of the molecule is CCC(F)n1c2ccccc2c2ccccc21. The van der Waals surface area contributed by atoms with Gasteiger partial charge in [-0.25, -0.2) is 4.39 Å². The molecule has 1 atom stereocenters. The summed E-state index contributed by atoms with van der Waals surface area (Å²) in [7, 11) is 0. The smallest absolute Gasteiger partial charge is 0.176 e. The summed E-state index contributed by atoms with van der Waals surface area (Å²) in [6, 6.07) is 16.0. The second kappa shape index (κ2) is 3.88. The largest absolute Gasteiger partial charge is 0.310 e. The van der Waals surface area contributed by atoms with Crippen LogP contribution in [-0.2, 0) is 0 Å². The molecule has 1 nitrogen and oxygen atoms in total. The van der Waals surface area contributed by atoms with Crippen LogP contribution in [0.4, 0.5) is 4.39 Å². The molecule has 1 aromatic heterocycles. The van der Waals surface area contributed by atoms with Gasteiger partial charge in [0.25, 0.3) is 0 Å². The van der Waals surface area contributed by atoms with Gasteiger partial charge in [-0.1, -0.05) is 43.3 Å². The summed E-state index contributed by atoms with van der Waals surface area (Å²) in [6.45, 7) is 1.87. The number of para-hydroxylation sites is 2. The first-order chi connectivity index (χ1) is 8.33. The van der Waals surface area contributed by atoms with Crippen molar-refractivity contribution < 1.29 is 4.39 Å². The summed E-state index contributed by atoms with van der Waals surface area (Å²) in [5.74, 6) is 0. The molecule has 0 saturated carbocycles. The minimum absolute atomic E-state index is 0.489. The van der Waals surface area contributed by atoms with Gasteiger partial charge >= 0.3 is 0 Å². The average Bonchev–Trinajstić information content (AvgIpc) is 2.72. The summed E-state index contributed by atoms with van der Waals surface area (Å²) in [5, 5.41) is 2.25. The molecule has 0 fully saturated rings. The van der Waals surface area contributed by atoms with Gasteiger partial charge in [-0.05, 0) is 18.6 Å². The maximum atomic E-state index is 14.1. The molecule has 0 aliphatic carbocycles. The van der Waals surface area contributed by atoms with Crippen molar-refractivity contribution in [3.8, 4) is 0 Å². The first-order valence-corrected chi connectivity index (χ1v) is 5.94. The number of alkyl halides is 1. The molecule has 86 valence electrons. The van der Waals surface area contributed by atoms with Crippen LogP contribution in [0, 0.1) is 0 Å². The van der Waals surface area contributed by atoms with Crippen LogP contribution in [0.1, 0.15) is 19.6 Å². The topological polar surface area (TPSA) is 4.93 Å². The lowest BCUT2D eigenvalue weighted by molar-refractivity contribution is 0.247. The Morgan fingerprint density at radius 1 is 0.941 bits per heavy atom. The molecule has 1 heterocycles. The van der Waals surface area contributed by atoms with E-state index in [2.05, 4.69) is 12.1 Å². The van der Waals surface area contributed by atoms with Gasteiger partial charge in [0, 0.05) is 10.8 Å². The molecule has 2 aromatic carbocycles. The summed E-state index contributed by atoms with van der Waals surface area (Å²) in [6.07, 6.45) is -0.470. The monoisotopic (exact) mass is 227 g/mol. The zero-order valence-corrected chi connectivity index (χ0v) is 9.73. The highest BCUT2D eigenvalue weighted by atomic mass is 19.1. The third-order valence-electron chi connectivity index (χ3n) is 3.23. The van der Waals surface area contributed by atoms with Crippen LogP contribution in [0.15, 0.2) is 48.5 Å². The van der Waals surface area contributed by atoms with Crippen molar-refractivity contribution in [2.75, 3.05) is 0 Å². The lowest BCUT2D eigenvalue weighted by Gasteiger charge is -2.10. The normalized spacial score (nSPS) is 13.3. The van der Waals surface area contributed by atoms with E-state index in [0.717, 1.165) is 21.8 Å². The molecular weight excluding hydrogens is 213 g/mol. The van der Waals surface area contributed by atoms with Crippen LogP contribution in [0.25, 0.3) is 21.8 Å². The summed E-state index contributed by atoms with van der Waals surface area (Å²) < 4.78 is 15.9. The van der Waals surface area contributed by atoms with E-state index in [0.29, 0.717) is 6.42 Å². The number of aromatic nitrogens is 1. The summed E-state index contributed by atoms with van der Waals surface area (Å²) in [4.78, 5) is 0. The number of rotatable bonds is 2. The zero-order chi connectivity index (χ0) is 11.8. The highest BCUT2D eigenvalue weighted by Gasteiger charge is 2.15. The Hall–Kier alpha value is -1.83. The molecule has 0 radical (unpaired) electrons. The lowest BCUT2D eigenvalue weighted by atomic mass is 10.2. The second-order valence-corrected chi connectivity index (χ2v) is 4.25. The van der Waals surface area contributed by atoms with Crippen molar-refractivity contribution >= 4 is 21.8 Å². The van der Waals surface area contributed by atoms with E-state index in [4.69, 9.17) is 0 Å². The van der Waals surface area contributed by atoms with Gasteiger partial charge in [-0.3, -0.25) is 0 Å². The van der Waals surface area contributed by atoms with E-state index >= 15 is 0 Å². The lowest BCUT2D eigenvalue weighted by Crippen LogP contribution is -2.01. The first kappa shape index (κ1) is 10.3. The van der Waals surface area contributed by atoms with E-state index in [-0.39, 0.29) is 0 Å². The van der Waals surface area contributed by atoms with Crippen molar-refractivity contribution in [1.82, 2.24) is 4.57 Å². The van der Waals surface area contributed by atoms with Gasteiger partial charge in [0.05, 0.1) is 11.0 Å². The van der Waals surface area contributed by atoms with Gasteiger partial charge < -0.3 is 4.57 Å². The molecule has 0 amide bonds. The Labute approximate surface area is 99.5 Å². The highest BCUT2D eigenvalue weighted by Crippen LogP contribution is 2.32. The third-order valence-corrected chi connectivity index (χ3v) is 3.23. The highest BCUT2D eigenvalue weighted by molar-refractivity contribution is 6.08. The molecule has 17 heavy (non-hydrogen) atoms. The van der Waals surface area contributed by atoms with E-state index in [1.807, 2.05) is 43.3 Å². The number of hydrogen-bond donors (Lipinski definition) is 0. The van der Waals surface area contributed by atoms with Crippen LogP contribution < -0.4 is 0 Å². The molecule has 2 heteroatoms. The fourth-order valence-corrected chi connectivity index (χ4v) is 2.44. The number of halogens is 1. The Morgan fingerprint density at radius 2 is 1.41 bits per heavy atom. The average molecular weight is 227 g/mol. The summed E-state index contributed by atoms with van der Waals surface area (Å²) in [5.41, 5.74) is 1.95. The zero-order valence-electron chi connectivity index (χ0n) is 9.73. The maximum absolute atomic E-state index is 14.1. The van der Waals surface area contributed by atoms with Gasteiger partial charge in [0.1, 0.15) is 0 Å². The van der Waals surface area contributed by atoms with Crippen LogP contribution >= 0.6 is 0 Å². The standard InChI is InChI=1S/C15H14FN/c1-2-15(16)17-13-9-5-3-7-11(13)12-8-4-6-10-14(12)17/h3-10,15H,2H2,1H3. The predicted molar refractivity (Wildman–Crippen MR) is 69.9 cm³/mol. The van der Waals surface area contributed by atoms with Gasteiger partial charge in [-0.15, -0.1) is 0 Å². The van der Waals surface area contributed by atoms with Crippen LogP contribution in [0.3, 0.4) is 0 Å². The molecule has 0 bridgehead atoms. The fraction of sp³-hybridized carbons (Fsp3) is 0.200. The van der Waals surface area contributed by atoms with Crippen molar-refractivity contribution in [2.24, 2.45) is 0 Å². The molecular formula is C15H14FN. The number of fused-ring (bicyclic) bond motifs is 3. The maximum Gasteiger partial charge on any atom is 0.176 e.